The average molecular weight is 219 g/mol. The summed E-state index contributed by atoms with van der Waals surface area (Å²) in [4.78, 5) is 11.8. The van der Waals surface area contributed by atoms with Crippen LogP contribution in [-0.4, -0.2) is 18.1 Å². The van der Waals surface area contributed by atoms with Gasteiger partial charge in [-0.3, -0.25) is 4.79 Å². The number of hydrogen-bond donors (Lipinski definition) is 1. The lowest BCUT2D eigenvalue weighted by Gasteiger charge is -2.17. The zero-order valence-corrected chi connectivity index (χ0v) is 9.69. The van der Waals surface area contributed by atoms with Crippen LogP contribution in [0.15, 0.2) is 30.3 Å². The van der Waals surface area contributed by atoms with E-state index in [-0.39, 0.29) is 11.4 Å². The molecule has 1 aromatic rings. The zero-order valence-electron chi connectivity index (χ0n) is 9.69. The van der Waals surface area contributed by atoms with Gasteiger partial charge in [0.15, 0.2) is 0 Å². The Morgan fingerprint density at radius 2 is 2.06 bits per heavy atom. The van der Waals surface area contributed by atoms with E-state index in [0.717, 1.165) is 5.56 Å². The first-order chi connectivity index (χ1) is 7.54. The minimum atomic E-state index is -0.843. The van der Waals surface area contributed by atoms with E-state index in [1.807, 2.05) is 37.3 Å². The van der Waals surface area contributed by atoms with E-state index in [4.69, 9.17) is 10.5 Å². The summed E-state index contributed by atoms with van der Waals surface area (Å²) in [6.07, 6.45) is 0.656. The summed E-state index contributed by atoms with van der Waals surface area (Å²) in [7, 11) is 0. The second kappa shape index (κ2) is 3.59. The Balaban J connectivity index is 2.23. The number of ether oxygens (including phenoxy) is 1. The summed E-state index contributed by atoms with van der Waals surface area (Å²) in [6, 6.07) is 9.90. The Kier molecular flexibility index (Phi) is 2.50. The van der Waals surface area contributed by atoms with Crippen LogP contribution in [-0.2, 0) is 14.9 Å². The number of benzene rings is 1. The van der Waals surface area contributed by atoms with E-state index >= 15 is 0 Å². The molecule has 0 bridgehead atoms. The highest BCUT2D eigenvalue weighted by Crippen LogP contribution is 2.56. The van der Waals surface area contributed by atoms with Gasteiger partial charge in [-0.15, -0.1) is 0 Å². The molecule has 2 rings (SSSR count). The molecule has 0 radical (unpaired) electrons. The highest BCUT2D eigenvalue weighted by molar-refractivity contribution is 5.88. The van der Waals surface area contributed by atoms with Crippen LogP contribution in [0.2, 0.25) is 0 Å². The molecular weight excluding hydrogens is 202 g/mol. The largest absolute Gasteiger partial charge is 0.465 e. The van der Waals surface area contributed by atoms with Gasteiger partial charge in [-0.05, 0) is 18.9 Å². The van der Waals surface area contributed by atoms with Gasteiger partial charge in [0, 0.05) is 5.41 Å². The van der Waals surface area contributed by atoms with E-state index in [0.29, 0.717) is 13.0 Å². The molecule has 2 N–H and O–H groups in total. The van der Waals surface area contributed by atoms with Crippen LogP contribution in [0.25, 0.3) is 0 Å². The van der Waals surface area contributed by atoms with Gasteiger partial charge >= 0.3 is 5.97 Å². The summed E-state index contributed by atoms with van der Waals surface area (Å²) in [5, 5.41) is 0. The van der Waals surface area contributed by atoms with Crippen LogP contribution < -0.4 is 5.73 Å². The van der Waals surface area contributed by atoms with Crippen molar-refractivity contribution in [3.8, 4) is 0 Å². The molecular formula is C13H17NO2. The van der Waals surface area contributed by atoms with Gasteiger partial charge in [0.2, 0.25) is 0 Å². The van der Waals surface area contributed by atoms with Gasteiger partial charge in [-0.2, -0.15) is 0 Å². The fraction of sp³-hybridized carbons (Fsp3) is 0.462. The first-order valence-corrected chi connectivity index (χ1v) is 5.56. The van der Waals surface area contributed by atoms with Crippen LogP contribution in [0.1, 0.15) is 25.8 Å². The zero-order chi connectivity index (χ0) is 11.8. The van der Waals surface area contributed by atoms with E-state index < -0.39 is 5.54 Å². The van der Waals surface area contributed by atoms with Crippen LogP contribution in [0.5, 0.6) is 0 Å². The van der Waals surface area contributed by atoms with E-state index in [1.165, 1.54) is 0 Å². The summed E-state index contributed by atoms with van der Waals surface area (Å²) in [6.45, 7) is 4.19. The van der Waals surface area contributed by atoms with Crippen molar-refractivity contribution in [2.45, 2.75) is 31.2 Å². The lowest BCUT2D eigenvalue weighted by Crippen LogP contribution is -2.41. The minimum Gasteiger partial charge on any atom is -0.465 e. The maximum Gasteiger partial charge on any atom is 0.327 e. The number of hydrogen-bond acceptors (Lipinski definition) is 3. The van der Waals surface area contributed by atoms with Gasteiger partial charge in [0.1, 0.15) is 5.54 Å². The molecule has 0 spiro atoms. The predicted molar refractivity (Wildman–Crippen MR) is 62.0 cm³/mol. The molecule has 0 amide bonds. The molecule has 1 aliphatic carbocycles. The minimum absolute atomic E-state index is 0.277. The third kappa shape index (κ3) is 1.43. The topological polar surface area (TPSA) is 52.3 Å². The van der Waals surface area contributed by atoms with Crippen molar-refractivity contribution in [2.24, 2.45) is 5.73 Å². The van der Waals surface area contributed by atoms with Crippen molar-refractivity contribution in [3.05, 3.63) is 35.9 Å². The fourth-order valence-electron chi connectivity index (χ4n) is 2.24. The van der Waals surface area contributed by atoms with Crippen molar-refractivity contribution in [3.63, 3.8) is 0 Å². The third-order valence-corrected chi connectivity index (χ3v) is 3.54. The molecule has 0 heterocycles. The van der Waals surface area contributed by atoms with Crippen molar-refractivity contribution in [1.29, 1.82) is 0 Å². The summed E-state index contributed by atoms with van der Waals surface area (Å²) >= 11 is 0. The molecule has 3 nitrogen and oxygen atoms in total. The average Bonchev–Trinajstić information content (AvgIpc) is 2.87. The van der Waals surface area contributed by atoms with Crippen molar-refractivity contribution in [1.82, 2.24) is 0 Å². The highest BCUT2D eigenvalue weighted by Gasteiger charge is 2.68. The van der Waals surface area contributed by atoms with Crippen molar-refractivity contribution >= 4 is 5.97 Å². The molecule has 0 aliphatic heterocycles. The molecule has 16 heavy (non-hydrogen) atoms. The van der Waals surface area contributed by atoms with Gasteiger partial charge in [-0.1, -0.05) is 37.3 Å². The summed E-state index contributed by atoms with van der Waals surface area (Å²) < 4.78 is 5.02. The molecule has 1 fully saturated rings. The molecule has 0 unspecified atom stereocenters. The molecule has 1 aliphatic rings. The smallest absolute Gasteiger partial charge is 0.327 e. The monoisotopic (exact) mass is 219 g/mol. The number of esters is 1. The van der Waals surface area contributed by atoms with Crippen molar-refractivity contribution in [2.75, 3.05) is 6.61 Å². The highest BCUT2D eigenvalue weighted by atomic mass is 16.5. The van der Waals surface area contributed by atoms with E-state index in [9.17, 15) is 4.79 Å². The normalized spacial score (nSPS) is 32.2. The Labute approximate surface area is 95.6 Å². The lowest BCUT2D eigenvalue weighted by atomic mass is 9.93. The summed E-state index contributed by atoms with van der Waals surface area (Å²) in [5.74, 6) is -0.290. The third-order valence-electron chi connectivity index (χ3n) is 3.54. The van der Waals surface area contributed by atoms with Crippen LogP contribution >= 0.6 is 0 Å². The first-order valence-electron chi connectivity index (χ1n) is 5.56. The molecule has 0 saturated heterocycles. The van der Waals surface area contributed by atoms with Crippen LogP contribution in [0, 0.1) is 0 Å². The Hall–Kier alpha value is -1.35. The quantitative estimate of drug-likeness (QED) is 0.786. The van der Waals surface area contributed by atoms with E-state index in [2.05, 4.69) is 0 Å². The Bertz CT molecular complexity index is 404. The SMILES string of the molecule is CCOC(=O)[C@]1(N)C[C@]1(C)c1ccccc1. The van der Waals surface area contributed by atoms with Gasteiger partial charge in [0.25, 0.3) is 0 Å². The lowest BCUT2D eigenvalue weighted by molar-refractivity contribution is -0.146. The number of carbonyl (C=O) groups excluding carboxylic acids is 1. The Morgan fingerprint density at radius 1 is 1.44 bits per heavy atom. The summed E-state index contributed by atoms with van der Waals surface area (Å²) in [5.41, 5.74) is 6.09. The van der Waals surface area contributed by atoms with Crippen molar-refractivity contribution < 1.29 is 9.53 Å². The fourth-order valence-corrected chi connectivity index (χ4v) is 2.24. The second-order valence-electron chi connectivity index (χ2n) is 4.57. The number of rotatable bonds is 3. The maximum atomic E-state index is 11.8. The molecule has 1 saturated carbocycles. The maximum absolute atomic E-state index is 11.8. The molecule has 86 valence electrons. The first kappa shape index (κ1) is 11.1. The van der Waals surface area contributed by atoms with Gasteiger partial charge in [-0.25, -0.2) is 0 Å². The van der Waals surface area contributed by atoms with Crippen LogP contribution in [0.3, 0.4) is 0 Å². The van der Waals surface area contributed by atoms with Gasteiger partial charge in [0.05, 0.1) is 6.61 Å². The van der Waals surface area contributed by atoms with E-state index in [1.54, 1.807) is 6.92 Å². The predicted octanol–water partition coefficient (Wildman–Crippen LogP) is 1.61. The molecule has 0 aromatic heterocycles. The Morgan fingerprint density at radius 3 is 2.62 bits per heavy atom. The standard InChI is InChI=1S/C13H17NO2/c1-3-16-11(15)13(14)9-12(13,2)10-7-5-4-6-8-10/h4-8H,3,9,14H2,1-2H3/t12-,13-/m1/s1. The molecule has 3 heteroatoms. The number of nitrogens with two attached hydrogens (primary N) is 1. The van der Waals surface area contributed by atoms with Gasteiger partial charge < -0.3 is 10.5 Å². The molecule has 1 aromatic carbocycles. The number of carbonyl (C=O) groups is 1. The molecule has 2 atom stereocenters. The second-order valence-corrected chi connectivity index (χ2v) is 4.57. The van der Waals surface area contributed by atoms with Crippen LogP contribution in [0.4, 0.5) is 0 Å².